The summed E-state index contributed by atoms with van der Waals surface area (Å²) in [5, 5.41) is 1.36. The second kappa shape index (κ2) is 11.7. The smallest absolute Gasteiger partial charge is 0.309 e. The maximum absolute atomic E-state index is 13.8. The molecular weight excluding hydrogens is 560 g/mol. The van der Waals surface area contributed by atoms with Crippen molar-refractivity contribution in [2.24, 2.45) is 5.92 Å². The number of carbonyl (C=O) groups is 2. The van der Waals surface area contributed by atoms with Gasteiger partial charge in [0.05, 0.1) is 10.5 Å². The van der Waals surface area contributed by atoms with Gasteiger partial charge in [-0.1, -0.05) is 48.5 Å². The number of anilines is 1. The molecule has 0 aliphatic rings. The lowest BCUT2D eigenvalue weighted by Crippen LogP contribution is -2.48. The highest BCUT2D eigenvalue weighted by Gasteiger charge is 2.36. The van der Waals surface area contributed by atoms with Crippen molar-refractivity contribution in [2.45, 2.75) is 37.4 Å². The summed E-state index contributed by atoms with van der Waals surface area (Å²) in [7, 11) is -4.47. The van der Waals surface area contributed by atoms with Crippen LogP contribution in [0.2, 0.25) is 0 Å². The number of nitrogens with one attached hydrogen (secondary N) is 1. The minimum atomic E-state index is -4.67. The van der Waals surface area contributed by atoms with Crippen molar-refractivity contribution in [3.05, 3.63) is 108 Å². The fourth-order valence-corrected chi connectivity index (χ4v) is 5.50. The first-order valence-corrected chi connectivity index (χ1v) is 14.0. The van der Waals surface area contributed by atoms with E-state index in [9.17, 15) is 35.6 Å². The average molecular weight is 587 g/mol. The van der Waals surface area contributed by atoms with E-state index in [1.165, 1.54) is 35.2 Å². The Hall–Kier alpha value is -4.25. The molecule has 4 aromatic carbocycles. The molecule has 0 saturated heterocycles. The van der Waals surface area contributed by atoms with Gasteiger partial charge < -0.3 is 4.90 Å². The number of hydrogen-bond acceptors (Lipinski definition) is 4. The fourth-order valence-electron chi connectivity index (χ4n) is 4.45. The molecule has 4 rings (SSSR count). The van der Waals surface area contributed by atoms with Gasteiger partial charge in [0.25, 0.3) is 10.0 Å². The van der Waals surface area contributed by atoms with Crippen molar-refractivity contribution in [1.29, 1.82) is 0 Å². The molecule has 0 fully saturated rings. The maximum atomic E-state index is 13.8. The van der Waals surface area contributed by atoms with E-state index < -0.39 is 57.8 Å². The quantitative estimate of drug-likeness (QED) is 0.200. The number of sulfonamides is 1. The van der Waals surface area contributed by atoms with Gasteiger partial charge in [0.1, 0.15) is 11.7 Å². The van der Waals surface area contributed by atoms with Crippen LogP contribution in [0.25, 0.3) is 10.8 Å². The molecule has 1 atom stereocenters. The molecule has 0 heterocycles. The molecule has 0 aromatic heterocycles. The Morgan fingerprint density at radius 1 is 0.854 bits per heavy atom. The Morgan fingerprint density at radius 3 is 2.15 bits per heavy atom. The molecule has 0 bridgehead atoms. The van der Waals surface area contributed by atoms with Gasteiger partial charge >= 0.3 is 6.18 Å². The monoisotopic (exact) mass is 586 g/mol. The number of benzene rings is 4. The van der Waals surface area contributed by atoms with E-state index in [1.54, 1.807) is 44.2 Å². The first kappa shape index (κ1) is 29.7. The number of amides is 2. The lowest BCUT2D eigenvalue weighted by atomic mass is 9.95. The highest BCUT2D eigenvalue weighted by atomic mass is 32.2. The molecule has 11 heteroatoms. The zero-order valence-corrected chi connectivity index (χ0v) is 22.8. The third-order valence-corrected chi connectivity index (χ3v) is 7.78. The van der Waals surface area contributed by atoms with E-state index in [0.29, 0.717) is 5.39 Å². The summed E-state index contributed by atoms with van der Waals surface area (Å²) in [5.74, 6) is -4.38. The molecule has 6 nitrogen and oxygen atoms in total. The molecule has 4 aromatic rings. The number of halogens is 4. The number of hydrogen-bond donors (Lipinski definition) is 1. The van der Waals surface area contributed by atoms with Crippen LogP contribution in [0.4, 0.5) is 23.2 Å². The molecule has 0 aliphatic carbocycles. The second-order valence-corrected chi connectivity index (χ2v) is 11.4. The Morgan fingerprint density at radius 2 is 1.51 bits per heavy atom. The molecule has 0 aliphatic heterocycles. The maximum Gasteiger partial charge on any atom is 0.416 e. The molecule has 214 valence electrons. The SMILES string of the molecule is CC(C)N(C(=O)C(Cc1cccc(C(F)(F)F)c1)C(=O)NS(=O)(=O)c1ccc2ccccc2c1)c1ccc(F)cc1. The van der Waals surface area contributed by atoms with E-state index >= 15 is 0 Å². The third kappa shape index (κ3) is 6.91. The zero-order valence-electron chi connectivity index (χ0n) is 22.0. The van der Waals surface area contributed by atoms with Crippen molar-refractivity contribution in [3.63, 3.8) is 0 Å². The molecular formula is C30H26F4N2O4S. The van der Waals surface area contributed by atoms with Gasteiger partial charge in [-0.05, 0) is 79.1 Å². The van der Waals surface area contributed by atoms with Gasteiger partial charge in [0.2, 0.25) is 11.8 Å². The van der Waals surface area contributed by atoms with Gasteiger partial charge in [-0.2, -0.15) is 13.2 Å². The van der Waals surface area contributed by atoms with Crippen LogP contribution >= 0.6 is 0 Å². The van der Waals surface area contributed by atoms with Crippen molar-refractivity contribution in [1.82, 2.24) is 4.72 Å². The van der Waals surface area contributed by atoms with E-state index in [4.69, 9.17) is 0 Å². The van der Waals surface area contributed by atoms with Gasteiger partial charge in [-0.3, -0.25) is 9.59 Å². The molecule has 0 spiro atoms. The van der Waals surface area contributed by atoms with Gasteiger partial charge in [0.15, 0.2) is 0 Å². The van der Waals surface area contributed by atoms with E-state index in [-0.39, 0.29) is 16.1 Å². The summed E-state index contributed by atoms with van der Waals surface area (Å²) in [6.45, 7) is 3.26. The highest BCUT2D eigenvalue weighted by molar-refractivity contribution is 7.90. The largest absolute Gasteiger partial charge is 0.416 e. The summed E-state index contributed by atoms with van der Waals surface area (Å²) < 4.78 is 82.1. The number of carbonyl (C=O) groups excluding carboxylic acids is 2. The highest BCUT2D eigenvalue weighted by Crippen LogP contribution is 2.31. The van der Waals surface area contributed by atoms with Crippen molar-refractivity contribution in [3.8, 4) is 0 Å². The number of fused-ring (bicyclic) bond motifs is 1. The van der Waals surface area contributed by atoms with Gasteiger partial charge in [-0.25, -0.2) is 17.5 Å². The van der Waals surface area contributed by atoms with E-state index in [2.05, 4.69) is 0 Å². The topological polar surface area (TPSA) is 83.6 Å². The summed E-state index contributed by atoms with van der Waals surface area (Å²) in [6.07, 6.45) is -5.19. The van der Waals surface area contributed by atoms with Gasteiger partial charge in [-0.15, -0.1) is 0 Å². The first-order valence-electron chi connectivity index (χ1n) is 12.6. The predicted octanol–water partition coefficient (Wildman–Crippen LogP) is 6.10. The summed E-state index contributed by atoms with van der Waals surface area (Å²) in [6, 6.07) is 19.6. The average Bonchev–Trinajstić information content (AvgIpc) is 2.91. The van der Waals surface area contributed by atoms with Crippen molar-refractivity contribution >= 4 is 38.3 Å². The Labute approximate surface area is 234 Å². The molecule has 0 saturated carbocycles. The summed E-state index contributed by atoms with van der Waals surface area (Å²) >= 11 is 0. The molecule has 2 amide bonds. The van der Waals surface area contributed by atoms with Crippen LogP contribution in [0.3, 0.4) is 0 Å². The van der Waals surface area contributed by atoms with Crippen LogP contribution in [-0.2, 0) is 32.2 Å². The van der Waals surface area contributed by atoms with Crippen LogP contribution in [-0.4, -0.2) is 26.3 Å². The standard InChI is InChI=1S/C30H26F4N2O4S/c1-19(2)36(25-13-11-24(31)12-14-25)29(38)27(17-20-6-5-9-23(16-20)30(32,33)34)28(37)35-41(39,40)26-15-10-21-7-3-4-8-22(21)18-26/h3-16,18-19,27H,17H2,1-2H3,(H,35,37). The lowest BCUT2D eigenvalue weighted by Gasteiger charge is -2.30. The number of nitrogens with zero attached hydrogens (tertiary/aromatic N) is 1. The fraction of sp³-hybridized carbons (Fsp3) is 0.200. The van der Waals surface area contributed by atoms with E-state index in [0.717, 1.165) is 35.7 Å². The summed E-state index contributed by atoms with van der Waals surface area (Å²) in [4.78, 5) is 28.3. The normalized spacial score (nSPS) is 12.8. The van der Waals surface area contributed by atoms with Crippen LogP contribution < -0.4 is 9.62 Å². The minimum absolute atomic E-state index is 0.000703. The van der Waals surface area contributed by atoms with Gasteiger partial charge in [0, 0.05) is 11.7 Å². The van der Waals surface area contributed by atoms with Crippen LogP contribution in [0.5, 0.6) is 0 Å². The van der Waals surface area contributed by atoms with E-state index in [1.807, 2.05) is 4.72 Å². The lowest BCUT2D eigenvalue weighted by molar-refractivity contribution is -0.137. The predicted molar refractivity (Wildman–Crippen MR) is 147 cm³/mol. The second-order valence-electron chi connectivity index (χ2n) is 9.71. The Bertz CT molecular complexity index is 1690. The first-order chi connectivity index (χ1) is 19.3. The third-order valence-electron chi connectivity index (χ3n) is 6.43. The Kier molecular flexibility index (Phi) is 8.48. The molecule has 1 N–H and O–H groups in total. The number of alkyl halides is 3. The van der Waals surface area contributed by atoms with Crippen molar-refractivity contribution < 1.29 is 35.6 Å². The molecule has 1 unspecified atom stereocenters. The van der Waals surface area contributed by atoms with Crippen molar-refractivity contribution in [2.75, 3.05) is 4.90 Å². The summed E-state index contributed by atoms with van der Waals surface area (Å²) in [5.41, 5.74) is -0.755. The molecule has 41 heavy (non-hydrogen) atoms. The zero-order chi connectivity index (χ0) is 29.9. The number of rotatable bonds is 8. The molecule has 0 radical (unpaired) electrons. The Balaban J connectivity index is 1.72. The van der Waals surface area contributed by atoms with Crippen LogP contribution in [0.1, 0.15) is 25.0 Å². The van der Waals surface area contributed by atoms with Crippen LogP contribution in [0.15, 0.2) is 95.9 Å². The minimum Gasteiger partial charge on any atom is -0.309 e. The van der Waals surface area contributed by atoms with Crippen LogP contribution in [0, 0.1) is 11.7 Å².